The Morgan fingerprint density at radius 2 is 1.33 bits per heavy atom. The van der Waals surface area contributed by atoms with Crippen molar-refractivity contribution >= 4 is 0 Å². The van der Waals surface area contributed by atoms with Crippen molar-refractivity contribution in [3.63, 3.8) is 0 Å². The molecule has 0 saturated heterocycles. The number of hydrogen-bond donors (Lipinski definition) is 0. The molecule has 1 aromatic rings. The average Bonchev–Trinajstić information content (AvgIpc) is 3.32. The number of benzene rings is 1. The predicted octanol–water partition coefficient (Wildman–Crippen LogP) is 7.47. The van der Waals surface area contributed by atoms with Crippen LogP contribution >= 0.6 is 0 Å². The summed E-state index contributed by atoms with van der Waals surface area (Å²) in [5.74, 6) is 1.64. The molecule has 166 valence electrons. The first-order valence-electron chi connectivity index (χ1n) is 12.1. The van der Waals surface area contributed by atoms with E-state index in [1.54, 1.807) is 6.92 Å². The van der Waals surface area contributed by atoms with Gasteiger partial charge in [-0.2, -0.15) is 8.78 Å². The number of allylic oxidation sites excluding steroid dienone is 1. The van der Waals surface area contributed by atoms with Gasteiger partial charge in [-0.25, -0.2) is 0 Å². The van der Waals surface area contributed by atoms with Crippen LogP contribution in [0.15, 0.2) is 23.8 Å². The summed E-state index contributed by atoms with van der Waals surface area (Å²) < 4.78 is 38.9. The van der Waals surface area contributed by atoms with Crippen molar-refractivity contribution in [3.8, 4) is 11.5 Å². The zero-order valence-electron chi connectivity index (χ0n) is 18.3. The van der Waals surface area contributed by atoms with E-state index in [4.69, 9.17) is 9.47 Å². The van der Waals surface area contributed by atoms with Crippen molar-refractivity contribution in [1.29, 1.82) is 0 Å². The molecule has 4 rings (SSSR count). The fourth-order valence-corrected chi connectivity index (χ4v) is 6.05. The quantitative estimate of drug-likeness (QED) is 0.428. The van der Waals surface area contributed by atoms with Crippen molar-refractivity contribution in [2.75, 3.05) is 13.2 Å². The van der Waals surface area contributed by atoms with Crippen LogP contribution < -0.4 is 9.47 Å². The number of rotatable bonds is 7. The number of ether oxygens (including phenoxy) is 2. The molecule has 0 aromatic heterocycles. The van der Waals surface area contributed by atoms with Crippen molar-refractivity contribution < 1.29 is 18.3 Å². The lowest BCUT2D eigenvalue weighted by atomic mass is 9.69. The van der Waals surface area contributed by atoms with Crippen LogP contribution in [-0.2, 0) is 0 Å². The summed E-state index contributed by atoms with van der Waals surface area (Å²) in [6, 6.07) is 2.89. The van der Waals surface area contributed by atoms with Crippen LogP contribution in [0.25, 0.3) is 0 Å². The number of halogens is 2. The molecule has 3 aliphatic carbocycles. The summed E-state index contributed by atoms with van der Waals surface area (Å²) in [6.45, 7) is 2.38. The molecule has 0 radical (unpaired) electrons. The molecule has 1 aromatic carbocycles. The fourth-order valence-electron chi connectivity index (χ4n) is 6.05. The van der Waals surface area contributed by atoms with Crippen LogP contribution in [0.2, 0.25) is 0 Å². The van der Waals surface area contributed by atoms with E-state index in [-0.39, 0.29) is 11.5 Å². The molecular weight excluding hydrogens is 382 g/mol. The summed E-state index contributed by atoms with van der Waals surface area (Å²) >= 11 is 0. The van der Waals surface area contributed by atoms with Gasteiger partial charge in [0.2, 0.25) is 11.6 Å². The molecule has 0 heterocycles. The van der Waals surface area contributed by atoms with Crippen LogP contribution in [0, 0.1) is 35.3 Å². The lowest BCUT2D eigenvalue weighted by Gasteiger charge is -2.37. The molecule has 0 spiro atoms. The van der Waals surface area contributed by atoms with E-state index in [9.17, 15) is 8.78 Å². The lowest BCUT2D eigenvalue weighted by Crippen LogP contribution is -2.26. The Morgan fingerprint density at radius 3 is 1.90 bits per heavy atom. The number of hydrogen-bond acceptors (Lipinski definition) is 2. The molecule has 3 aliphatic rings. The van der Waals surface area contributed by atoms with Crippen LogP contribution in [-0.4, -0.2) is 13.2 Å². The van der Waals surface area contributed by atoms with Gasteiger partial charge in [0.15, 0.2) is 11.5 Å². The van der Waals surface area contributed by atoms with Gasteiger partial charge >= 0.3 is 0 Å². The summed E-state index contributed by atoms with van der Waals surface area (Å²) in [7, 11) is 0. The van der Waals surface area contributed by atoms with Gasteiger partial charge in [0.05, 0.1) is 6.61 Å². The van der Waals surface area contributed by atoms with Crippen molar-refractivity contribution in [1.82, 2.24) is 0 Å². The van der Waals surface area contributed by atoms with Gasteiger partial charge in [0, 0.05) is 0 Å². The highest BCUT2D eigenvalue weighted by Gasteiger charge is 2.32. The maximum atomic E-state index is 14.2. The summed E-state index contributed by atoms with van der Waals surface area (Å²) in [6.07, 6.45) is 17.2. The summed E-state index contributed by atoms with van der Waals surface area (Å²) in [5, 5.41) is 0. The molecule has 30 heavy (non-hydrogen) atoms. The Hall–Kier alpha value is -1.58. The van der Waals surface area contributed by atoms with Gasteiger partial charge in [-0.3, -0.25) is 0 Å². The molecule has 4 heteroatoms. The van der Waals surface area contributed by atoms with Gasteiger partial charge in [-0.1, -0.05) is 31.8 Å². The second kappa shape index (κ2) is 10.2. The first-order chi connectivity index (χ1) is 14.7. The highest BCUT2D eigenvalue weighted by atomic mass is 19.2. The molecule has 0 bridgehead atoms. The van der Waals surface area contributed by atoms with Crippen molar-refractivity contribution in [2.45, 2.75) is 77.6 Å². The monoisotopic (exact) mass is 418 g/mol. The van der Waals surface area contributed by atoms with E-state index in [0.29, 0.717) is 13.2 Å². The van der Waals surface area contributed by atoms with Crippen LogP contribution in [0.4, 0.5) is 8.78 Å². The smallest absolute Gasteiger partial charge is 0.204 e. The maximum Gasteiger partial charge on any atom is 0.204 e. The normalized spacial score (nSPS) is 27.7. The van der Waals surface area contributed by atoms with E-state index in [2.05, 4.69) is 6.08 Å². The molecule has 2 nitrogen and oxygen atoms in total. The zero-order valence-corrected chi connectivity index (χ0v) is 18.3. The molecule has 2 saturated carbocycles. The third-order valence-corrected chi connectivity index (χ3v) is 7.82. The van der Waals surface area contributed by atoms with E-state index in [0.717, 1.165) is 36.5 Å². The zero-order chi connectivity index (χ0) is 20.9. The average molecular weight is 419 g/mol. The van der Waals surface area contributed by atoms with Crippen molar-refractivity contribution in [2.24, 2.45) is 23.7 Å². The minimum Gasteiger partial charge on any atom is -0.491 e. The lowest BCUT2D eigenvalue weighted by molar-refractivity contribution is 0.155. The Kier molecular flexibility index (Phi) is 7.32. The highest BCUT2D eigenvalue weighted by molar-refractivity contribution is 5.35. The Bertz CT molecular complexity index is 731. The second-order valence-electron chi connectivity index (χ2n) is 9.53. The van der Waals surface area contributed by atoms with Gasteiger partial charge in [-0.15, -0.1) is 0 Å². The van der Waals surface area contributed by atoms with E-state index in [1.165, 1.54) is 75.5 Å². The highest BCUT2D eigenvalue weighted by Crippen LogP contribution is 2.45. The third kappa shape index (κ3) is 5.00. The van der Waals surface area contributed by atoms with E-state index < -0.39 is 11.6 Å². The van der Waals surface area contributed by atoms with Gasteiger partial charge < -0.3 is 9.47 Å². The SMILES string of the molecule is CCOc1ccc(OCC2=CCC(C3CCC(C4CCCC4)CC3)CC2)c(F)c1F. The first-order valence-corrected chi connectivity index (χ1v) is 12.1. The van der Waals surface area contributed by atoms with Crippen LogP contribution in [0.3, 0.4) is 0 Å². The Morgan fingerprint density at radius 1 is 0.767 bits per heavy atom. The van der Waals surface area contributed by atoms with Crippen LogP contribution in [0.5, 0.6) is 11.5 Å². The fraction of sp³-hybridized carbons (Fsp3) is 0.692. The molecule has 0 amide bonds. The molecule has 1 atom stereocenters. The predicted molar refractivity (Wildman–Crippen MR) is 116 cm³/mol. The standard InChI is InChI=1S/C26H36F2O2/c1-2-29-23-15-16-24(26(28)25(23)27)30-17-18-7-9-20(10-8-18)22-13-11-21(12-14-22)19-5-3-4-6-19/h7,15-16,19-22H,2-6,8-14,17H2,1H3. The van der Waals surface area contributed by atoms with Gasteiger partial charge in [0.25, 0.3) is 0 Å². The molecule has 1 unspecified atom stereocenters. The minimum absolute atomic E-state index is 0.0378. The minimum atomic E-state index is -0.972. The van der Waals surface area contributed by atoms with Gasteiger partial charge in [0.1, 0.15) is 6.61 Å². The molecule has 0 aliphatic heterocycles. The summed E-state index contributed by atoms with van der Waals surface area (Å²) in [4.78, 5) is 0. The van der Waals surface area contributed by atoms with E-state index in [1.807, 2.05) is 0 Å². The Labute approximate surface area is 180 Å². The first kappa shape index (κ1) is 21.6. The third-order valence-electron chi connectivity index (χ3n) is 7.82. The van der Waals surface area contributed by atoms with Crippen LogP contribution in [0.1, 0.15) is 77.6 Å². The largest absolute Gasteiger partial charge is 0.491 e. The van der Waals surface area contributed by atoms with Gasteiger partial charge in [-0.05, 0) is 93.2 Å². The summed E-state index contributed by atoms with van der Waals surface area (Å²) in [5.41, 5.74) is 1.21. The van der Waals surface area contributed by atoms with E-state index >= 15 is 0 Å². The topological polar surface area (TPSA) is 18.5 Å². The Balaban J connectivity index is 1.24. The second-order valence-corrected chi connectivity index (χ2v) is 9.53. The van der Waals surface area contributed by atoms with Crippen molar-refractivity contribution in [3.05, 3.63) is 35.4 Å². The maximum absolute atomic E-state index is 14.2. The molecule has 0 N–H and O–H groups in total. The molecule has 2 fully saturated rings. The molecular formula is C26H36F2O2.